The van der Waals surface area contributed by atoms with Gasteiger partial charge in [-0.2, -0.15) is 13.2 Å². The molecule has 29 heavy (non-hydrogen) atoms. The quantitative estimate of drug-likeness (QED) is 0.771. The molecule has 2 aromatic rings. The lowest BCUT2D eigenvalue weighted by Gasteiger charge is -2.26. The monoisotopic (exact) mass is 408 g/mol. The number of hydrogen-bond acceptors (Lipinski definition) is 4. The number of carboxylic acid groups (broad SMARTS) is 1. The smallest absolute Gasteiger partial charge is 0.475 e. The Morgan fingerprint density at radius 1 is 1.07 bits per heavy atom. The van der Waals surface area contributed by atoms with Gasteiger partial charge in [0.25, 0.3) is 0 Å². The molecule has 1 aliphatic rings. The Morgan fingerprint density at radius 2 is 1.59 bits per heavy atom. The maximum atomic E-state index is 10.6. The molecule has 1 unspecified atom stereocenters. The number of rotatable bonds is 5. The summed E-state index contributed by atoms with van der Waals surface area (Å²) >= 11 is 0. The molecule has 1 heterocycles. The van der Waals surface area contributed by atoms with Gasteiger partial charge in [-0.05, 0) is 25.0 Å². The lowest BCUT2D eigenvalue weighted by Crippen LogP contribution is -2.42. The van der Waals surface area contributed by atoms with Crippen LogP contribution in [-0.4, -0.2) is 35.2 Å². The minimum atomic E-state index is -5.08. The largest absolute Gasteiger partial charge is 0.490 e. The fourth-order valence-corrected chi connectivity index (χ4v) is 2.83. The minimum Gasteiger partial charge on any atom is -0.475 e. The molecule has 1 atom stereocenters. The van der Waals surface area contributed by atoms with Gasteiger partial charge in [-0.3, -0.25) is 4.99 Å². The highest BCUT2D eigenvalue weighted by molar-refractivity contribution is 5.86. The van der Waals surface area contributed by atoms with Crippen LogP contribution in [0.1, 0.15) is 31.0 Å². The van der Waals surface area contributed by atoms with Crippen LogP contribution >= 0.6 is 0 Å². The van der Waals surface area contributed by atoms with E-state index in [1.807, 2.05) is 24.3 Å². The van der Waals surface area contributed by atoms with Crippen LogP contribution in [0.3, 0.4) is 0 Å². The van der Waals surface area contributed by atoms with Gasteiger partial charge in [0.05, 0.1) is 18.2 Å². The summed E-state index contributed by atoms with van der Waals surface area (Å²) in [7, 11) is 0. The van der Waals surface area contributed by atoms with E-state index < -0.39 is 12.1 Å². The van der Waals surface area contributed by atoms with Crippen molar-refractivity contribution in [2.24, 2.45) is 4.99 Å². The lowest BCUT2D eigenvalue weighted by molar-refractivity contribution is -0.192. The van der Waals surface area contributed by atoms with Gasteiger partial charge in [-0.15, -0.1) is 0 Å². The first-order valence-corrected chi connectivity index (χ1v) is 8.91. The van der Waals surface area contributed by atoms with Gasteiger partial charge in [0, 0.05) is 0 Å². The van der Waals surface area contributed by atoms with E-state index in [-0.39, 0.29) is 11.6 Å². The van der Waals surface area contributed by atoms with E-state index in [9.17, 15) is 13.2 Å². The van der Waals surface area contributed by atoms with E-state index in [0.29, 0.717) is 13.2 Å². The number of aliphatic carboxylic acids is 1. The van der Waals surface area contributed by atoms with E-state index in [2.05, 4.69) is 55.6 Å². The maximum absolute atomic E-state index is 10.6. The second kappa shape index (κ2) is 9.56. The summed E-state index contributed by atoms with van der Waals surface area (Å²) in [6.45, 7) is 5.48. The molecule has 2 aromatic carbocycles. The number of ether oxygens (including phenoxy) is 1. The Morgan fingerprint density at radius 3 is 2.10 bits per heavy atom. The second-order valence-electron chi connectivity index (χ2n) is 7.02. The molecule has 0 amide bonds. The first-order valence-electron chi connectivity index (χ1n) is 8.91. The molecule has 5 nitrogen and oxygen atoms in total. The van der Waals surface area contributed by atoms with Gasteiger partial charge in [0.2, 0.25) is 0 Å². The number of nitrogens with zero attached hydrogens (tertiary/aromatic N) is 1. The number of hydrogen-bond donors (Lipinski definition) is 2. The van der Waals surface area contributed by atoms with Crippen molar-refractivity contribution < 1.29 is 27.8 Å². The molecule has 0 saturated heterocycles. The predicted molar refractivity (Wildman–Crippen MR) is 104 cm³/mol. The van der Waals surface area contributed by atoms with Gasteiger partial charge in [-0.1, -0.05) is 60.7 Å². The van der Waals surface area contributed by atoms with E-state index in [0.717, 1.165) is 5.84 Å². The normalized spacial score (nSPS) is 17.6. The molecule has 0 aliphatic carbocycles. The SMILES string of the molecule is CC1(C)NC(COCc2ccccc2)=NC1c1ccccc1.O=C(O)C(F)(F)F. The van der Waals surface area contributed by atoms with Crippen molar-refractivity contribution in [1.82, 2.24) is 5.32 Å². The summed E-state index contributed by atoms with van der Waals surface area (Å²) in [4.78, 5) is 13.7. The molecule has 0 bridgehead atoms. The van der Waals surface area contributed by atoms with E-state index >= 15 is 0 Å². The van der Waals surface area contributed by atoms with Crippen molar-refractivity contribution in [3.63, 3.8) is 0 Å². The lowest BCUT2D eigenvalue weighted by atomic mass is 9.90. The standard InChI is InChI=1S/C19H22N2O.C2HF3O2/c1-19(2)18(16-11-7-4-8-12-16)20-17(21-19)14-22-13-15-9-5-3-6-10-15;3-2(4,5)1(6)7/h3-12,18H,13-14H2,1-2H3,(H,20,21);(H,6,7). The number of carbonyl (C=O) groups is 1. The molecule has 0 spiro atoms. The van der Waals surface area contributed by atoms with Crippen LogP contribution in [0.15, 0.2) is 65.7 Å². The summed E-state index contributed by atoms with van der Waals surface area (Å²) in [6.07, 6.45) is -5.08. The first-order chi connectivity index (χ1) is 13.6. The van der Waals surface area contributed by atoms with Crippen LogP contribution in [0.5, 0.6) is 0 Å². The molecule has 1 aliphatic heterocycles. The summed E-state index contributed by atoms with van der Waals surface area (Å²) in [5, 5.41) is 10.6. The van der Waals surface area contributed by atoms with Gasteiger partial charge in [0.1, 0.15) is 12.4 Å². The molecular formula is C21H23F3N2O3. The summed E-state index contributed by atoms with van der Waals surface area (Å²) in [6, 6.07) is 20.8. The molecule has 2 N–H and O–H groups in total. The van der Waals surface area contributed by atoms with Crippen molar-refractivity contribution in [2.45, 2.75) is 38.2 Å². The molecule has 0 fully saturated rings. The molecule has 0 saturated carbocycles. The van der Waals surface area contributed by atoms with Crippen molar-refractivity contribution >= 4 is 11.8 Å². The first kappa shape index (κ1) is 22.4. The number of halogens is 3. The summed E-state index contributed by atoms with van der Waals surface area (Å²) in [5.74, 6) is -1.83. The number of amidine groups is 1. The summed E-state index contributed by atoms with van der Waals surface area (Å²) < 4.78 is 37.5. The van der Waals surface area contributed by atoms with Crippen LogP contribution in [-0.2, 0) is 16.1 Å². The molecule has 8 heteroatoms. The fraction of sp³-hybridized carbons (Fsp3) is 0.333. The predicted octanol–water partition coefficient (Wildman–Crippen LogP) is 4.36. The maximum Gasteiger partial charge on any atom is 0.490 e. The van der Waals surface area contributed by atoms with Crippen LogP contribution in [0.4, 0.5) is 13.2 Å². The highest BCUT2D eigenvalue weighted by Gasteiger charge is 2.38. The zero-order valence-electron chi connectivity index (χ0n) is 16.1. The average molecular weight is 408 g/mol. The summed E-state index contributed by atoms with van der Waals surface area (Å²) in [5.41, 5.74) is 2.32. The van der Waals surface area contributed by atoms with E-state index in [1.165, 1.54) is 11.1 Å². The molecule has 156 valence electrons. The van der Waals surface area contributed by atoms with Crippen molar-refractivity contribution in [1.29, 1.82) is 0 Å². The number of carboxylic acids is 1. The molecule has 0 aromatic heterocycles. The van der Waals surface area contributed by atoms with Crippen LogP contribution < -0.4 is 5.32 Å². The van der Waals surface area contributed by atoms with Crippen LogP contribution in [0, 0.1) is 0 Å². The highest BCUT2D eigenvalue weighted by atomic mass is 19.4. The Kier molecular flexibility index (Phi) is 7.39. The zero-order valence-corrected chi connectivity index (χ0v) is 16.1. The average Bonchev–Trinajstić information content (AvgIpc) is 2.97. The molecular weight excluding hydrogens is 385 g/mol. The Labute approximate surface area is 167 Å². The number of nitrogens with one attached hydrogen (secondary N) is 1. The number of benzene rings is 2. The zero-order chi connectivity index (χ0) is 21.5. The Hall–Kier alpha value is -2.87. The third-order valence-electron chi connectivity index (χ3n) is 4.14. The van der Waals surface area contributed by atoms with E-state index in [4.69, 9.17) is 19.6 Å². The van der Waals surface area contributed by atoms with Gasteiger partial charge in [0.15, 0.2) is 0 Å². The van der Waals surface area contributed by atoms with Crippen molar-refractivity contribution in [3.8, 4) is 0 Å². The fourth-order valence-electron chi connectivity index (χ4n) is 2.83. The molecule has 3 rings (SSSR count). The minimum absolute atomic E-state index is 0.0905. The topological polar surface area (TPSA) is 70.9 Å². The van der Waals surface area contributed by atoms with Crippen molar-refractivity contribution in [2.75, 3.05) is 6.61 Å². The Bertz CT molecular complexity index is 822. The van der Waals surface area contributed by atoms with Crippen LogP contribution in [0.2, 0.25) is 0 Å². The Balaban J connectivity index is 0.000000370. The van der Waals surface area contributed by atoms with Gasteiger partial charge < -0.3 is 15.2 Å². The number of alkyl halides is 3. The molecule has 0 radical (unpaired) electrons. The van der Waals surface area contributed by atoms with E-state index in [1.54, 1.807) is 0 Å². The highest BCUT2D eigenvalue weighted by Crippen LogP contribution is 2.33. The van der Waals surface area contributed by atoms with Gasteiger partial charge >= 0.3 is 12.1 Å². The second-order valence-corrected chi connectivity index (χ2v) is 7.02. The van der Waals surface area contributed by atoms with Crippen LogP contribution in [0.25, 0.3) is 0 Å². The third-order valence-corrected chi connectivity index (χ3v) is 4.14. The van der Waals surface area contributed by atoms with Gasteiger partial charge in [-0.25, -0.2) is 4.79 Å². The van der Waals surface area contributed by atoms with Crippen molar-refractivity contribution in [3.05, 3.63) is 71.8 Å². The number of aliphatic imine (C=N–C) groups is 1. The third kappa shape index (κ3) is 6.90.